The molecule has 0 aliphatic rings. The van der Waals surface area contributed by atoms with Crippen LogP contribution in [0.4, 0.5) is 0 Å². The SMILES string of the molecule is CC(CCOC#N)OC#N. The molecule has 0 bridgehead atoms. The minimum Gasteiger partial charge on any atom is -0.427 e. The number of hydrogen-bond donors (Lipinski definition) is 0. The summed E-state index contributed by atoms with van der Waals surface area (Å²) in [4.78, 5) is 0. The summed E-state index contributed by atoms with van der Waals surface area (Å²) in [5.74, 6) is 0. The summed E-state index contributed by atoms with van der Waals surface area (Å²) in [6.07, 6.45) is 3.47. The number of rotatable bonds is 4. The van der Waals surface area contributed by atoms with Gasteiger partial charge in [0.15, 0.2) is 0 Å². The van der Waals surface area contributed by atoms with Crippen molar-refractivity contribution in [2.75, 3.05) is 6.61 Å². The largest absolute Gasteiger partial charge is 0.427 e. The van der Waals surface area contributed by atoms with E-state index in [2.05, 4.69) is 9.47 Å². The fraction of sp³-hybridized carbons (Fsp3) is 0.667. The molecule has 4 nitrogen and oxygen atoms in total. The zero-order chi connectivity index (χ0) is 7.82. The van der Waals surface area contributed by atoms with Crippen LogP contribution in [0.25, 0.3) is 0 Å². The Bertz CT molecular complexity index is 156. The van der Waals surface area contributed by atoms with E-state index >= 15 is 0 Å². The van der Waals surface area contributed by atoms with E-state index in [-0.39, 0.29) is 6.10 Å². The molecule has 0 amide bonds. The Hall–Kier alpha value is -1.42. The first kappa shape index (κ1) is 8.58. The Morgan fingerprint density at radius 1 is 1.40 bits per heavy atom. The molecule has 0 N–H and O–H groups in total. The highest BCUT2D eigenvalue weighted by Gasteiger charge is 2.00. The van der Waals surface area contributed by atoms with Crippen molar-refractivity contribution in [2.24, 2.45) is 0 Å². The fourth-order valence-corrected chi connectivity index (χ4v) is 0.419. The van der Waals surface area contributed by atoms with Crippen LogP contribution < -0.4 is 0 Å². The van der Waals surface area contributed by atoms with Gasteiger partial charge in [-0.15, -0.1) is 0 Å². The first-order valence-corrected chi connectivity index (χ1v) is 2.87. The zero-order valence-corrected chi connectivity index (χ0v) is 5.70. The Morgan fingerprint density at radius 2 is 2.10 bits per heavy atom. The first-order valence-electron chi connectivity index (χ1n) is 2.87. The monoisotopic (exact) mass is 140 g/mol. The summed E-state index contributed by atoms with van der Waals surface area (Å²) in [5.41, 5.74) is 0. The molecule has 4 heteroatoms. The topological polar surface area (TPSA) is 66.0 Å². The van der Waals surface area contributed by atoms with Crippen LogP contribution >= 0.6 is 0 Å². The predicted molar refractivity (Wildman–Crippen MR) is 32.3 cm³/mol. The van der Waals surface area contributed by atoms with Crippen molar-refractivity contribution in [1.29, 1.82) is 10.5 Å². The number of hydrogen-bond acceptors (Lipinski definition) is 4. The molecule has 0 aliphatic heterocycles. The molecule has 0 aromatic rings. The standard InChI is InChI=1S/C6H8N2O2/c1-6(10-5-8)2-3-9-4-7/h6H,2-3H2,1H3. The van der Waals surface area contributed by atoms with E-state index in [1.165, 1.54) is 6.26 Å². The molecule has 0 spiro atoms. The smallest absolute Gasteiger partial charge is 0.286 e. The van der Waals surface area contributed by atoms with Crippen molar-refractivity contribution in [3.63, 3.8) is 0 Å². The van der Waals surface area contributed by atoms with Gasteiger partial charge in [0, 0.05) is 6.42 Å². The molecule has 0 saturated carbocycles. The second-order valence-corrected chi connectivity index (χ2v) is 1.75. The molecule has 0 aromatic heterocycles. The number of nitriles is 2. The molecule has 0 saturated heterocycles. The Balaban J connectivity index is 3.16. The van der Waals surface area contributed by atoms with Crippen LogP contribution in [-0.4, -0.2) is 12.7 Å². The summed E-state index contributed by atoms with van der Waals surface area (Å²) in [6, 6.07) is 0. The summed E-state index contributed by atoms with van der Waals surface area (Å²) >= 11 is 0. The van der Waals surface area contributed by atoms with Crippen LogP contribution in [0.2, 0.25) is 0 Å². The van der Waals surface area contributed by atoms with Gasteiger partial charge in [0.25, 0.3) is 12.5 Å². The molecule has 0 aromatic carbocycles. The molecule has 1 atom stereocenters. The summed E-state index contributed by atoms with van der Waals surface area (Å²) in [5, 5.41) is 15.9. The van der Waals surface area contributed by atoms with Gasteiger partial charge in [-0.3, -0.25) is 0 Å². The average Bonchev–Trinajstić information content (AvgIpc) is 1.89. The van der Waals surface area contributed by atoms with Crippen LogP contribution in [0, 0.1) is 23.0 Å². The maximum absolute atomic E-state index is 8.02. The maximum Gasteiger partial charge on any atom is 0.286 e. The molecular weight excluding hydrogens is 132 g/mol. The summed E-state index contributed by atoms with van der Waals surface area (Å²) in [7, 11) is 0. The van der Waals surface area contributed by atoms with E-state index in [9.17, 15) is 0 Å². The van der Waals surface area contributed by atoms with Gasteiger partial charge < -0.3 is 9.47 Å². The zero-order valence-electron chi connectivity index (χ0n) is 5.70. The highest BCUT2D eigenvalue weighted by molar-refractivity contribution is 4.58. The van der Waals surface area contributed by atoms with Crippen molar-refractivity contribution in [2.45, 2.75) is 19.4 Å². The maximum atomic E-state index is 8.02. The van der Waals surface area contributed by atoms with Gasteiger partial charge in [0.2, 0.25) is 0 Å². The molecule has 54 valence electrons. The minimum absolute atomic E-state index is 0.168. The molecule has 0 radical (unpaired) electrons. The lowest BCUT2D eigenvalue weighted by Crippen LogP contribution is -2.07. The van der Waals surface area contributed by atoms with Crippen LogP contribution in [-0.2, 0) is 9.47 Å². The number of ether oxygens (including phenoxy) is 2. The molecular formula is C6H8N2O2. The second kappa shape index (κ2) is 5.71. The summed E-state index contributed by atoms with van der Waals surface area (Å²) in [6.45, 7) is 2.04. The highest BCUT2D eigenvalue weighted by Crippen LogP contribution is 1.95. The van der Waals surface area contributed by atoms with Crippen molar-refractivity contribution >= 4 is 0 Å². The normalized spacial score (nSPS) is 10.7. The van der Waals surface area contributed by atoms with Crippen molar-refractivity contribution in [3.8, 4) is 12.5 Å². The third kappa shape index (κ3) is 4.73. The van der Waals surface area contributed by atoms with E-state index in [1.807, 2.05) is 0 Å². The Morgan fingerprint density at radius 3 is 2.60 bits per heavy atom. The fourth-order valence-electron chi connectivity index (χ4n) is 0.419. The van der Waals surface area contributed by atoms with Crippen molar-refractivity contribution < 1.29 is 9.47 Å². The lowest BCUT2D eigenvalue weighted by molar-refractivity contribution is 0.136. The third-order valence-electron chi connectivity index (χ3n) is 0.945. The van der Waals surface area contributed by atoms with Crippen LogP contribution in [0.1, 0.15) is 13.3 Å². The van der Waals surface area contributed by atoms with E-state index in [1.54, 1.807) is 13.2 Å². The first-order chi connectivity index (χ1) is 4.81. The van der Waals surface area contributed by atoms with Gasteiger partial charge in [-0.05, 0) is 6.92 Å². The van der Waals surface area contributed by atoms with Crippen LogP contribution in [0.5, 0.6) is 0 Å². The van der Waals surface area contributed by atoms with Gasteiger partial charge in [0.1, 0.15) is 12.7 Å². The molecule has 0 heterocycles. The average molecular weight is 140 g/mol. The lowest BCUT2D eigenvalue weighted by atomic mass is 10.3. The molecule has 0 rings (SSSR count). The quantitative estimate of drug-likeness (QED) is 0.427. The summed E-state index contributed by atoms with van der Waals surface area (Å²) < 4.78 is 8.87. The lowest BCUT2D eigenvalue weighted by Gasteiger charge is -2.04. The van der Waals surface area contributed by atoms with Gasteiger partial charge in [-0.1, -0.05) is 0 Å². The molecule has 10 heavy (non-hydrogen) atoms. The molecule has 0 aliphatic carbocycles. The minimum atomic E-state index is -0.168. The number of nitrogens with zero attached hydrogens (tertiary/aromatic N) is 2. The molecule has 1 unspecified atom stereocenters. The predicted octanol–water partition coefficient (Wildman–Crippen LogP) is 0.760. The van der Waals surface area contributed by atoms with Crippen molar-refractivity contribution in [3.05, 3.63) is 0 Å². The molecule has 0 fully saturated rings. The van der Waals surface area contributed by atoms with E-state index < -0.39 is 0 Å². The third-order valence-corrected chi connectivity index (χ3v) is 0.945. The Labute approximate surface area is 59.6 Å². The van der Waals surface area contributed by atoms with E-state index in [0.29, 0.717) is 13.0 Å². The second-order valence-electron chi connectivity index (χ2n) is 1.75. The van der Waals surface area contributed by atoms with Crippen LogP contribution in [0.15, 0.2) is 0 Å². The highest BCUT2D eigenvalue weighted by atomic mass is 16.5. The van der Waals surface area contributed by atoms with E-state index in [4.69, 9.17) is 10.5 Å². The van der Waals surface area contributed by atoms with Gasteiger partial charge in [-0.2, -0.15) is 10.5 Å². The van der Waals surface area contributed by atoms with Gasteiger partial charge in [-0.25, -0.2) is 0 Å². The van der Waals surface area contributed by atoms with Gasteiger partial charge in [0.05, 0.1) is 0 Å². The van der Waals surface area contributed by atoms with E-state index in [0.717, 1.165) is 0 Å². The van der Waals surface area contributed by atoms with Crippen molar-refractivity contribution in [1.82, 2.24) is 0 Å². The van der Waals surface area contributed by atoms with Crippen LogP contribution in [0.3, 0.4) is 0 Å². The Kier molecular flexibility index (Phi) is 4.90. The van der Waals surface area contributed by atoms with Gasteiger partial charge >= 0.3 is 0 Å².